The van der Waals surface area contributed by atoms with Gasteiger partial charge in [-0.2, -0.15) is 5.10 Å². The number of ether oxygens (including phenoxy) is 1. The number of aromatic nitrogens is 3. The van der Waals surface area contributed by atoms with Gasteiger partial charge in [0.1, 0.15) is 5.75 Å². The second-order valence-corrected chi connectivity index (χ2v) is 7.12. The summed E-state index contributed by atoms with van der Waals surface area (Å²) in [6, 6.07) is 9.79. The molecule has 6 heteroatoms. The van der Waals surface area contributed by atoms with Gasteiger partial charge in [-0.3, -0.25) is 4.79 Å². The van der Waals surface area contributed by atoms with Crippen LogP contribution in [-0.4, -0.2) is 27.3 Å². The molecule has 0 saturated heterocycles. The van der Waals surface area contributed by atoms with Crippen molar-refractivity contribution in [3.05, 3.63) is 70.7 Å². The van der Waals surface area contributed by atoms with Crippen molar-refractivity contribution in [1.82, 2.24) is 20.1 Å². The molecule has 3 heterocycles. The normalized spacial score (nSPS) is 15.6. The molecule has 28 heavy (non-hydrogen) atoms. The second-order valence-electron chi connectivity index (χ2n) is 7.12. The van der Waals surface area contributed by atoms with E-state index in [2.05, 4.69) is 34.5 Å². The van der Waals surface area contributed by atoms with Crippen LogP contribution < -0.4 is 10.1 Å². The quantitative estimate of drug-likeness (QED) is 0.754. The molecule has 1 aliphatic rings. The highest BCUT2D eigenvalue weighted by atomic mass is 16.5. The van der Waals surface area contributed by atoms with E-state index in [4.69, 9.17) is 4.74 Å². The van der Waals surface area contributed by atoms with Crippen LogP contribution in [0.15, 0.2) is 42.7 Å². The predicted molar refractivity (Wildman–Crippen MR) is 107 cm³/mol. The van der Waals surface area contributed by atoms with Crippen molar-refractivity contribution in [3.63, 3.8) is 0 Å². The van der Waals surface area contributed by atoms with Crippen molar-refractivity contribution in [2.45, 2.75) is 39.7 Å². The van der Waals surface area contributed by atoms with Crippen LogP contribution in [0.2, 0.25) is 0 Å². The van der Waals surface area contributed by atoms with E-state index >= 15 is 0 Å². The van der Waals surface area contributed by atoms with Gasteiger partial charge in [0.15, 0.2) is 5.82 Å². The molecule has 1 N–H and O–H groups in total. The zero-order valence-electron chi connectivity index (χ0n) is 16.4. The maximum atomic E-state index is 13.1. The van der Waals surface area contributed by atoms with Gasteiger partial charge in [0.2, 0.25) is 0 Å². The van der Waals surface area contributed by atoms with Crippen LogP contribution >= 0.6 is 0 Å². The molecule has 0 radical (unpaired) electrons. The van der Waals surface area contributed by atoms with Crippen molar-refractivity contribution < 1.29 is 9.53 Å². The first kappa shape index (κ1) is 18.2. The topological polar surface area (TPSA) is 69.0 Å². The number of hydrogen-bond acceptors (Lipinski definition) is 4. The van der Waals surface area contributed by atoms with E-state index in [1.165, 1.54) is 5.56 Å². The smallest absolute Gasteiger partial charge is 0.255 e. The number of fused-ring (bicyclic) bond motifs is 1. The Morgan fingerprint density at radius 3 is 2.93 bits per heavy atom. The average molecular weight is 376 g/mol. The van der Waals surface area contributed by atoms with Gasteiger partial charge in [0.05, 0.1) is 30.1 Å². The summed E-state index contributed by atoms with van der Waals surface area (Å²) in [6.07, 6.45) is 4.78. The number of nitrogens with zero attached hydrogens (tertiary/aromatic N) is 3. The average Bonchev–Trinajstić information content (AvgIpc) is 3.13. The van der Waals surface area contributed by atoms with Gasteiger partial charge in [-0.1, -0.05) is 30.7 Å². The Hall–Kier alpha value is -3.15. The summed E-state index contributed by atoms with van der Waals surface area (Å²) >= 11 is 0. The summed E-state index contributed by atoms with van der Waals surface area (Å²) in [4.78, 5) is 17.4. The number of amides is 1. The number of nitrogens with one attached hydrogen (secondary N) is 1. The molecule has 1 unspecified atom stereocenters. The van der Waals surface area contributed by atoms with Gasteiger partial charge in [-0.25, -0.2) is 9.67 Å². The van der Waals surface area contributed by atoms with Crippen molar-refractivity contribution >= 4 is 5.91 Å². The molecule has 6 nitrogen and oxygen atoms in total. The molecule has 144 valence electrons. The SMILES string of the molecule is CCc1c(C(=O)NC2CCOc3c(C)cc(C)cc32)cnn1-c1ccccn1. The van der Waals surface area contributed by atoms with E-state index in [9.17, 15) is 4.79 Å². The summed E-state index contributed by atoms with van der Waals surface area (Å²) in [5.41, 5.74) is 4.76. The number of hydrogen-bond donors (Lipinski definition) is 1. The lowest BCUT2D eigenvalue weighted by Crippen LogP contribution is -2.33. The Bertz CT molecular complexity index is 1010. The van der Waals surface area contributed by atoms with Crippen LogP contribution in [0, 0.1) is 13.8 Å². The number of rotatable bonds is 4. The maximum Gasteiger partial charge on any atom is 0.255 e. The Balaban J connectivity index is 1.63. The molecule has 2 aromatic heterocycles. The zero-order valence-corrected chi connectivity index (χ0v) is 16.4. The van der Waals surface area contributed by atoms with Gasteiger partial charge in [-0.15, -0.1) is 0 Å². The predicted octanol–water partition coefficient (Wildman–Crippen LogP) is 3.70. The van der Waals surface area contributed by atoms with E-state index in [1.807, 2.05) is 32.0 Å². The Morgan fingerprint density at radius 1 is 1.32 bits per heavy atom. The summed E-state index contributed by atoms with van der Waals surface area (Å²) in [7, 11) is 0. The molecular formula is C22H24N4O2. The van der Waals surface area contributed by atoms with Crippen LogP contribution in [0.25, 0.3) is 5.82 Å². The van der Waals surface area contributed by atoms with Crippen molar-refractivity contribution in [2.24, 2.45) is 0 Å². The van der Waals surface area contributed by atoms with Crippen LogP contribution in [0.3, 0.4) is 0 Å². The molecule has 0 bridgehead atoms. The summed E-state index contributed by atoms with van der Waals surface area (Å²) in [6.45, 7) is 6.72. The van der Waals surface area contributed by atoms with Gasteiger partial charge >= 0.3 is 0 Å². The Kier molecular flexibility index (Phi) is 4.86. The number of benzene rings is 1. The van der Waals surface area contributed by atoms with Crippen LogP contribution in [0.5, 0.6) is 5.75 Å². The first-order valence-electron chi connectivity index (χ1n) is 9.61. The highest BCUT2D eigenvalue weighted by Crippen LogP contribution is 2.36. The number of carbonyl (C=O) groups excluding carboxylic acids is 1. The Labute approximate surface area is 164 Å². The van der Waals surface area contributed by atoms with E-state index in [-0.39, 0.29) is 11.9 Å². The highest BCUT2D eigenvalue weighted by Gasteiger charge is 2.27. The lowest BCUT2D eigenvalue weighted by Gasteiger charge is -2.28. The molecule has 0 saturated carbocycles. The van der Waals surface area contributed by atoms with Gasteiger partial charge in [0, 0.05) is 18.2 Å². The van der Waals surface area contributed by atoms with Crippen molar-refractivity contribution in [2.75, 3.05) is 6.61 Å². The molecule has 0 aliphatic carbocycles. The molecule has 0 fully saturated rings. The van der Waals surface area contributed by atoms with Gasteiger partial charge < -0.3 is 10.1 Å². The number of aryl methyl sites for hydroxylation is 2. The van der Waals surface area contributed by atoms with E-state index in [0.29, 0.717) is 24.4 Å². The minimum atomic E-state index is -0.115. The summed E-state index contributed by atoms with van der Waals surface area (Å²) in [5.74, 6) is 1.49. The van der Waals surface area contributed by atoms with Gasteiger partial charge in [-0.05, 0) is 38.0 Å². The van der Waals surface area contributed by atoms with E-state index in [1.54, 1.807) is 17.1 Å². The lowest BCUT2D eigenvalue weighted by atomic mass is 9.95. The minimum Gasteiger partial charge on any atom is -0.493 e. The van der Waals surface area contributed by atoms with Crippen molar-refractivity contribution in [3.8, 4) is 11.6 Å². The third-order valence-corrected chi connectivity index (χ3v) is 5.10. The fourth-order valence-electron chi connectivity index (χ4n) is 3.84. The maximum absolute atomic E-state index is 13.1. The first-order valence-corrected chi connectivity index (χ1v) is 9.61. The first-order chi connectivity index (χ1) is 13.6. The standard InChI is InChI=1S/C22H24N4O2/c1-4-19-17(13-24-26(19)20-7-5-6-9-23-20)22(27)25-18-8-10-28-21-15(3)11-14(2)12-16(18)21/h5-7,9,11-13,18H,4,8,10H2,1-3H3,(H,25,27). The second kappa shape index (κ2) is 7.46. The minimum absolute atomic E-state index is 0.0715. The fourth-order valence-corrected chi connectivity index (χ4v) is 3.84. The Morgan fingerprint density at radius 2 is 2.18 bits per heavy atom. The number of pyridine rings is 1. The molecule has 4 rings (SSSR count). The van der Waals surface area contributed by atoms with E-state index < -0.39 is 0 Å². The lowest BCUT2D eigenvalue weighted by molar-refractivity contribution is 0.0923. The van der Waals surface area contributed by atoms with Crippen LogP contribution in [-0.2, 0) is 6.42 Å². The molecule has 1 aromatic carbocycles. The molecular weight excluding hydrogens is 352 g/mol. The summed E-state index contributed by atoms with van der Waals surface area (Å²) in [5, 5.41) is 7.61. The van der Waals surface area contributed by atoms with Crippen LogP contribution in [0.1, 0.15) is 52.1 Å². The molecule has 0 spiro atoms. The summed E-state index contributed by atoms with van der Waals surface area (Å²) < 4.78 is 7.59. The molecule has 1 atom stereocenters. The number of carbonyl (C=O) groups is 1. The largest absolute Gasteiger partial charge is 0.493 e. The highest BCUT2D eigenvalue weighted by molar-refractivity contribution is 5.95. The third-order valence-electron chi connectivity index (χ3n) is 5.10. The monoisotopic (exact) mass is 376 g/mol. The molecule has 1 amide bonds. The van der Waals surface area contributed by atoms with Crippen molar-refractivity contribution in [1.29, 1.82) is 0 Å². The molecule has 3 aromatic rings. The zero-order chi connectivity index (χ0) is 19.7. The van der Waals surface area contributed by atoms with Crippen LogP contribution in [0.4, 0.5) is 0 Å². The van der Waals surface area contributed by atoms with Gasteiger partial charge in [0.25, 0.3) is 5.91 Å². The fraction of sp³-hybridized carbons (Fsp3) is 0.318. The molecule has 1 aliphatic heterocycles. The third kappa shape index (κ3) is 3.26. The van der Waals surface area contributed by atoms with E-state index in [0.717, 1.165) is 29.0 Å².